The monoisotopic (exact) mass is 501 g/mol. The summed E-state index contributed by atoms with van der Waals surface area (Å²) in [4.78, 5) is 41.8. The number of benzene rings is 1. The van der Waals surface area contributed by atoms with E-state index in [1.807, 2.05) is 37.3 Å². The lowest BCUT2D eigenvalue weighted by molar-refractivity contribution is -0.121. The Kier molecular flexibility index (Phi) is 8.91. The van der Waals surface area contributed by atoms with Gasteiger partial charge in [0.05, 0.1) is 30.8 Å². The normalized spacial score (nSPS) is 11.8. The molecular weight excluding hydrogens is 470 g/mol. The predicted molar refractivity (Wildman–Crippen MR) is 139 cm³/mol. The predicted octanol–water partition coefficient (Wildman–Crippen LogP) is 5.02. The average molecular weight is 502 g/mol. The zero-order valence-electron chi connectivity index (χ0n) is 21.1. The number of carbonyl (C=O) groups is 2. The van der Waals surface area contributed by atoms with Crippen LogP contribution in [0.5, 0.6) is 5.88 Å². The zero-order chi connectivity index (χ0) is 26.0. The van der Waals surface area contributed by atoms with Crippen molar-refractivity contribution in [2.24, 2.45) is 0 Å². The van der Waals surface area contributed by atoms with Crippen molar-refractivity contribution in [3.63, 3.8) is 0 Å². The van der Waals surface area contributed by atoms with Crippen LogP contribution in [0.25, 0.3) is 22.2 Å². The highest BCUT2D eigenvalue weighted by atomic mass is 16.5. The molecule has 1 N–H and O–H groups in total. The smallest absolute Gasteiger partial charge is 0.228 e. The minimum atomic E-state index is -0.439. The van der Waals surface area contributed by atoms with Gasteiger partial charge in [0.2, 0.25) is 17.7 Å². The lowest BCUT2D eigenvalue weighted by Crippen LogP contribution is -2.30. The van der Waals surface area contributed by atoms with Gasteiger partial charge in [0.1, 0.15) is 17.6 Å². The van der Waals surface area contributed by atoms with Gasteiger partial charge in [0.15, 0.2) is 5.76 Å². The third-order valence-corrected chi connectivity index (χ3v) is 6.09. The lowest BCUT2D eigenvalue weighted by Gasteiger charge is -2.16. The second-order valence-electron chi connectivity index (χ2n) is 8.75. The molecular formula is C28H31N5O4. The first-order valence-corrected chi connectivity index (χ1v) is 12.5. The number of methoxy groups -OCH3 is 1. The van der Waals surface area contributed by atoms with Crippen molar-refractivity contribution in [3.8, 4) is 17.2 Å². The number of pyridine rings is 1. The SMILES string of the molecule is CCC(=O)CCCCC[C@H](NC(=O)Cc1ncccn1)c1ncc(-c2cc3ccccc3nc2OC)o1. The van der Waals surface area contributed by atoms with Crippen LogP contribution < -0.4 is 10.1 Å². The number of unbranched alkanes of at least 4 members (excludes halogenated alkanes) is 2. The van der Waals surface area contributed by atoms with Gasteiger partial charge in [-0.3, -0.25) is 9.59 Å². The number of ketones is 1. The summed E-state index contributed by atoms with van der Waals surface area (Å²) < 4.78 is 11.7. The fourth-order valence-electron chi connectivity index (χ4n) is 4.10. The molecule has 0 saturated carbocycles. The number of aromatic nitrogens is 4. The summed E-state index contributed by atoms with van der Waals surface area (Å²) in [5, 5.41) is 3.98. The van der Waals surface area contributed by atoms with E-state index in [1.54, 1.807) is 31.8 Å². The summed E-state index contributed by atoms with van der Waals surface area (Å²) in [5.74, 6) is 1.83. The molecule has 9 nitrogen and oxygen atoms in total. The number of carbonyl (C=O) groups excluding carboxylic acids is 2. The highest BCUT2D eigenvalue weighted by Gasteiger charge is 2.22. The summed E-state index contributed by atoms with van der Waals surface area (Å²) in [6.45, 7) is 1.88. The molecule has 0 fully saturated rings. The first-order chi connectivity index (χ1) is 18.1. The fraction of sp³-hybridized carbons (Fsp3) is 0.357. The van der Waals surface area contributed by atoms with E-state index in [9.17, 15) is 9.59 Å². The molecule has 192 valence electrons. The van der Waals surface area contributed by atoms with Crippen LogP contribution in [0.4, 0.5) is 0 Å². The lowest BCUT2D eigenvalue weighted by atomic mass is 10.0. The maximum Gasteiger partial charge on any atom is 0.228 e. The van der Waals surface area contributed by atoms with Gasteiger partial charge >= 0.3 is 0 Å². The highest BCUT2D eigenvalue weighted by Crippen LogP contribution is 2.33. The molecule has 1 atom stereocenters. The average Bonchev–Trinajstić information content (AvgIpc) is 3.42. The molecule has 0 bridgehead atoms. The van der Waals surface area contributed by atoms with Crippen molar-refractivity contribution in [1.82, 2.24) is 25.3 Å². The van der Waals surface area contributed by atoms with Crippen molar-refractivity contribution in [2.45, 2.75) is 57.9 Å². The molecule has 0 radical (unpaired) electrons. The van der Waals surface area contributed by atoms with E-state index in [4.69, 9.17) is 9.15 Å². The maximum absolute atomic E-state index is 12.8. The number of hydrogen-bond acceptors (Lipinski definition) is 8. The molecule has 1 amide bonds. The van der Waals surface area contributed by atoms with Crippen LogP contribution in [0.3, 0.4) is 0 Å². The third-order valence-electron chi connectivity index (χ3n) is 6.09. The van der Waals surface area contributed by atoms with E-state index in [2.05, 4.69) is 25.3 Å². The standard InChI is InChI=1S/C28H31N5O4/c1-3-20(34)11-5-4-6-13-23(32-26(35)17-25-29-14-9-15-30-25)28-31-18-24(37-28)21-16-19-10-7-8-12-22(19)33-27(21)36-2/h7-10,12,14-16,18,23H,3-6,11,13,17H2,1-2H3,(H,32,35)/t23-/m0/s1. The Balaban J connectivity index is 1.52. The van der Waals surface area contributed by atoms with Crippen LogP contribution in [0, 0.1) is 0 Å². The minimum Gasteiger partial charge on any atom is -0.480 e. The quantitative estimate of drug-likeness (QED) is 0.254. The Morgan fingerprint density at radius 3 is 2.65 bits per heavy atom. The van der Waals surface area contributed by atoms with Crippen LogP contribution in [0.1, 0.15) is 63.2 Å². The summed E-state index contributed by atoms with van der Waals surface area (Å²) in [6, 6.07) is 11.0. The first kappa shape index (κ1) is 25.9. The molecule has 37 heavy (non-hydrogen) atoms. The number of rotatable bonds is 13. The molecule has 3 heterocycles. The summed E-state index contributed by atoms with van der Waals surface area (Å²) in [7, 11) is 1.57. The number of hydrogen-bond donors (Lipinski definition) is 1. The number of ether oxygens (including phenoxy) is 1. The number of amides is 1. The number of fused-ring (bicyclic) bond motifs is 1. The fourth-order valence-corrected chi connectivity index (χ4v) is 4.10. The van der Waals surface area contributed by atoms with Crippen molar-refractivity contribution < 1.29 is 18.7 Å². The van der Waals surface area contributed by atoms with Gasteiger partial charge < -0.3 is 14.5 Å². The van der Waals surface area contributed by atoms with Crippen LogP contribution in [0.2, 0.25) is 0 Å². The molecule has 0 unspecified atom stereocenters. The minimum absolute atomic E-state index is 0.0539. The Morgan fingerprint density at radius 1 is 1.05 bits per heavy atom. The van der Waals surface area contributed by atoms with Crippen molar-refractivity contribution >= 4 is 22.6 Å². The van der Waals surface area contributed by atoms with Gasteiger partial charge in [0.25, 0.3) is 0 Å². The first-order valence-electron chi connectivity index (χ1n) is 12.5. The van der Waals surface area contributed by atoms with Crippen molar-refractivity contribution in [3.05, 3.63) is 66.7 Å². The molecule has 3 aromatic heterocycles. The van der Waals surface area contributed by atoms with Gasteiger partial charge in [0, 0.05) is 30.6 Å². The van der Waals surface area contributed by atoms with Crippen LogP contribution in [0.15, 0.2) is 59.4 Å². The van der Waals surface area contributed by atoms with Crippen LogP contribution in [-0.2, 0) is 16.0 Å². The van der Waals surface area contributed by atoms with E-state index in [1.165, 1.54) is 0 Å². The van der Waals surface area contributed by atoms with Crippen LogP contribution in [-0.4, -0.2) is 38.7 Å². The second-order valence-corrected chi connectivity index (χ2v) is 8.75. The Morgan fingerprint density at radius 2 is 1.86 bits per heavy atom. The Hall–Kier alpha value is -4.14. The van der Waals surface area contributed by atoms with Gasteiger partial charge in [-0.2, -0.15) is 0 Å². The number of nitrogens with one attached hydrogen (secondary N) is 1. The van der Waals surface area contributed by atoms with Crippen molar-refractivity contribution in [1.29, 1.82) is 0 Å². The molecule has 9 heteroatoms. The molecule has 0 aliphatic heterocycles. The summed E-state index contributed by atoms with van der Waals surface area (Å²) >= 11 is 0. The van der Waals surface area contributed by atoms with E-state index in [0.29, 0.717) is 48.2 Å². The molecule has 1 aromatic carbocycles. The topological polar surface area (TPSA) is 120 Å². The van der Waals surface area contributed by atoms with E-state index in [-0.39, 0.29) is 18.1 Å². The molecule has 0 spiro atoms. The Bertz CT molecular complexity index is 1340. The largest absolute Gasteiger partial charge is 0.480 e. The number of nitrogens with zero attached hydrogens (tertiary/aromatic N) is 4. The zero-order valence-corrected chi connectivity index (χ0v) is 21.1. The number of Topliss-reactive ketones (excluding diaryl/α,β-unsaturated/α-hetero) is 1. The van der Waals surface area contributed by atoms with E-state index in [0.717, 1.165) is 30.2 Å². The van der Waals surface area contributed by atoms with Crippen molar-refractivity contribution in [2.75, 3.05) is 7.11 Å². The number of para-hydroxylation sites is 1. The molecule has 0 aliphatic carbocycles. The highest BCUT2D eigenvalue weighted by molar-refractivity contribution is 5.85. The summed E-state index contributed by atoms with van der Waals surface area (Å²) in [6.07, 6.45) is 9.16. The maximum atomic E-state index is 12.8. The second kappa shape index (κ2) is 12.7. The molecule has 4 rings (SSSR count). The van der Waals surface area contributed by atoms with E-state index >= 15 is 0 Å². The molecule has 0 aliphatic rings. The molecule has 4 aromatic rings. The number of oxazole rings is 1. The van der Waals surface area contributed by atoms with Gasteiger partial charge in [-0.25, -0.2) is 19.9 Å². The Labute approximate surface area is 215 Å². The van der Waals surface area contributed by atoms with Gasteiger partial charge in [-0.1, -0.05) is 38.0 Å². The van der Waals surface area contributed by atoms with E-state index < -0.39 is 6.04 Å². The molecule has 0 saturated heterocycles. The summed E-state index contributed by atoms with van der Waals surface area (Å²) in [5.41, 5.74) is 1.50. The third kappa shape index (κ3) is 6.97. The van der Waals surface area contributed by atoms with Crippen LogP contribution >= 0.6 is 0 Å². The van der Waals surface area contributed by atoms with Gasteiger partial charge in [-0.15, -0.1) is 0 Å². The van der Waals surface area contributed by atoms with Gasteiger partial charge in [-0.05, 0) is 31.0 Å².